The van der Waals surface area contributed by atoms with Crippen LogP contribution >= 0.6 is 0 Å². The van der Waals surface area contributed by atoms with E-state index in [1.165, 1.54) is 13.2 Å². The van der Waals surface area contributed by atoms with Crippen molar-refractivity contribution in [2.45, 2.75) is 24.3 Å². The first-order valence-electron chi connectivity index (χ1n) is 12.8. The maximum absolute atomic E-state index is 14.2. The third kappa shape index (κ3) is 6.01. The first kappa shape index (κ1) is 27.7. The van der Waals surface area contributed by atoms with E-state index in [-0.39, 0.29) is 11.6 Å². The first-order chi connectivity index (χ1) is 19.2. The number of nitrogens with zero attached hydrogens (tertiary/aromatic N) is 4. The van der Waals surface area contributed by atoms with Crippen LogP contribution in [-0.4, -0.2) is 67.8 Å². The molecule has 0 bridgehead atoms. The van der Waals surface area contributed by atoms with Crippen molar-refractivity contribution < 1.29 is 26.7 Å². The van der Waals surface area contributed by atoms with Gasteiger partial charge in [0.2, 0.25) is 11.8 Å². The van der Waals surface area contributed by atoms with Crippen molar-refractivity contribution in [1.82, 2.24) is 19.4 Å². The standard InChI is InChI=1S/C27H30F2N6O4S/c1-38-26-23(33-40(36,37)25-7-5-20(28)16-21(25)29)14-19(17-31-26)18-4-6-22-24(15-18)35(27(30)32-22)10-2-8-34-9-3-12-39-13-11-34/h4-7,14-17,33H,2-3,8-13H2,1H3,(H2,30,32). The minimum atomic E-state index is -4.41. The van der Waals surface area contributed by atoms with Crippen LogP contribution in [0.1, 0.15) is 12.8 Å². The van der Waals surface area contributed by atoms with Crippen LogP contribution < -0.4 is 15.2 Å². The summed E-state index contributed by atoms with van der Waals surface area (Å²) in [5, 5.41) is 0. The largest absolute Gasteiger partial charge is 0.480 e. The van der Waals surface area contributed by atoms with Crippen LogP contribution in [0, 0.1) is 11.6 Å². The van der Waals surface area contributed by atoms with E-state index in [0.717, 1.165) is 74.4 Å². The molecule has 1 aliphatic rings. The Bertz CT molecular complexity index is 1620. The first-order valence-corrected chi connectivity index (χ1v) is 14.3. The number of nitrogens with one attached hydrogen (secondary N) is 1. The zero-order chi connectivity index (χ0) is 28.3. The van der Waals surface area contributed by atoms with E-state index >= 15 is 0 Å². The molecule has 13 heteroatoms. The van der Waals surface area contributed by atoms with Gasteiger partial charge in [0.05, 0.1) is 24.8 Å². The van der Waals surface area contributed by atoms with Gasteiger partial charge in [0, 0.05) is 44.1 Å². The SMILES string of the molecule is COc1ncc(-c2ccc3nc(N)n(CCCN4CCCOCC4)c3c2)cc1NS(=O)(=O)c1ccc(F)cc1F. The molecule has 1 fully saturated rings. The van der Waals surface area contributed by atoms with Crippen LogP contribution in [0.3, 0.4) is 0 Å². The topological polar surface area (TPSA) is 125 Å². The molecule has 3 heterocycles. The van der Waals surface area contributed by atoms with Crippen LogP contribution in [0.25, 0.3) is 22.2 Å². The van der Waals surface area contributed by atoms with Gasteiger partial charge in [0.25, 0.3) is 10.0 Å². The lowest BCUT2D eigenvalue weighted by atomic mass is 10.1. The number of fused-ring (bicyclic) bond motifs is 1. The van der Waals surface area contributed by atoms with Crippen molar-refractivity contribution in [3.63, 3.8) is 0 Å². The number of nitrogen functional groups attached to an aromatic ring is 1. The molecular weight excluding hydrogens is 542 g/mol. The summed E-state index contributed by atoms with van der Waals surface area (Å²) in [6.07, 6.45) is 3.45. The fraction of sp³-hybridized carbons (Fsp3) is 0.333. The van der Waals surface area contributed by atoms with Gasteiger partial charge in [-0.05, 0) is 55.3 Å². The van der Waals surface area contributed by atoms with Crippen LogP contribution in [0.15, 0.2) is 53.6 Å². The van der Waals surface area contributed by atoms with Crippen LogP contribution in [0.5, 0.6) is 5.88 Å². The highest BCUT2D eigenvalue weighted by atomic mass is 32.2. The van der Waals surface area contributed by atoms with Gasteiger partial charge in [-0.1, -0.05) is 6.07 Å². The smallest absolute Gasteiger partial charge is 0.264 e. The van der Waals surface area contributed by atoms with E-state index in [1.54, 1.807) is 6.20 Å². The van der Waals surface area contributed by atoms with Crippen LogP contribution in [0.4, 0.5) is 20.4 Å². The number of imidazole rings is 1. The van der Waals surface area contributed by atoms with Crippen molar-refractivity contribution in [1.29, 1.82) is 0 Å². The molecule has 2 aromatic heterocycles. The molecule has 0 saturated carbocycles. The zero-order valence-corrected chi connectivity index (χ0v) is 22.8. The van der Waals surface area contributed by atoms with Crippen molar-refractivity contribution in [2.75, 3.05) is 50.4 Å². The molecule has 0 unspecified atom stereocenters. The lowest BCUT2D eigenvalue weighted by molar-refractivity contribution is 0.141. The van der Waals surface area contributed by atoms with E-state index in [4.69, 9.17) is 15.2 Å². The molecule has 4 aromatic rings. The summed E-state index contributed by atoms with van der Waals surface area (Å²) >= 11 is 0. The Hall–Kier alpha value is -3.81. The number of halogens is 2. The van der Waals surface area contributed by atoms with Crippen LogP contribution in [-0.2, 0) is 21.3 Å². The number of methoxy groups -OCH3 is 1. The quantitative estimate of drug-likeness (QED) is 0.310. The number of nitrogens with two attached hydrogens (primary N) is 1. The average molecular weight is 573 g/mol. The molecule has 0 spiro atoms. The van der Waals surface area contributed by atoms with Crippen molar-refractivity contribution >= 4 is 32.7 Å². The van der Waals surface area contributed by atoms with E-state index in [2.05, 4.69) is 19.6 Å². The van der Waals surface area contributed by atoms with Crippen molar-refractivity contribution in [3.8, 4) is 17.0 Å². The molecule has 2 aromatic carbocycles. The van der Waals surface area contributed by atoms with Gasteiger partial charge < -0.3 is 24.7 Å². The highest BCUT2D eigenvalue weighted by molar-refractivity contribution is 7.92. The summed E-state index contributed by atoms with van der Waals surface area (Å²) < 4.78 is 68.4. The Labute approximate surface area is 230 Å². The predicted octanol–water partition coefficient (Wildman–Crippen LogP) is 3.88. The number of anilines is 2. The molecule has 3 N–H and O–H groups in total. The minimum Gasteiger partial charge on any atom is -0.480 e. The summed E-state index contributed by atoms with van der Waals surface area (Å²) in [5.41, 5.74) is 9.14. The van der Waals surface area contributed by atoms with Crippen molar-refractivity contribution in [2.24, 2.45) is 0 Å². The predicted molar refractivity (Wildman–Crippen MR) is 148 cm³/mol. The number of rotatable bonds is 9. The second-order valence-electron chi connectivity index (χ2n) is 9.45. The Morgan fingerprint density at radius 1 is 1.07 bits per heavy atom. The third-order valence-corrected chi connectivity index (χ3v) is 8.15. The fourth-order valence-corrected chi connectivity index (χ4v) is 5.88. The van der Waals surface area contributed by atoms with Gasteiger partial charge in [-0.25, -0.2) is 27.2 Å². The number of pyridine rings is 1. The normalized spacial score (nSPS) is 14.8. The summed E-state index contributed by atoms with van der Waals surface area (Å²) in [5.74, 6) is -1.70. The highest BCUT2D eigenvalue weighted by Crippen LogP contribution is 2.32. The Morgan fingerprint density at radius 3 is 2.73 bits per heavy atom. The van der Waals surface area contributed by atoms with Gasteiger partial charge in [-0.3, -0.25) is 4.72 Å². The molecule has 0 atom stereocenters. The molecule has 212 valence electrons. The molecule has 1 saturated heterocycles. The van der Waals surface area contributed by atoms with Crippen molar-refractivity contribution in [3.05, 3.63) is 60.3 Å². The number of sulfonamides is 1. The number of hydrogen-bond acceptors (Lipinski definition) is 8. The molecule has 10 nitrogen and oxygen atoms in total. The molecule has 40 heavy (non-hydrogen) atoms. The molecule has 5 rings (SSSR count). The monoisotopic (exact) mass is 572 g/mol. The maximum Gasteiger partial charge on any atom is 0.264 e. The number of ether oxygens (including phenoxy) is 2. The van der Waals surface area contributed by atoms with Gasteiger partial charge in [-0.2, -0.15) is 0 Å². The lowest BCUT2D eigenvalue weighted by Crippen LogP contribution is -2.28. The molecule has 0 aliphatic carbocycles. The third-order valence-electron chi connectivity index (χ3n) is 6.75. The summed E-state index contributed by atoms with van der Waals surface area (Å²) in [6.45, 7) is 5.06. The molecular formula is C27H30F2N6O4S. The minimum absolute atomic E-state index is 0.00160. The summed E-state index contributed by atoms with van der Waals surface area (Å²) in [6, 6.07) is 9.36. The average Bonchev–Trinajstić information content (AvgIpc) is 3.05. The second-order valence-corrected chi connectivity index (χ2v) is 11.1. The van der Waals surface area contributed by atoms with Gasteiger partial charge in [0.1, 0.15) is 22.2 Å². The Morgan fingerprint density at radius 2 is 1.93 bits per heavy atom. The summed E-state index contributed by atoms with van der Waals surface area (Å²) in [7, 11) is -3.07. The highest BCUT2D eigenvalue weighted by Gasteiger charge is 2.22. The van der Waals surface area contributed by atoms with Gasteiger partial charge in [0.15, 0.2) is 0 Å². The van der Waals surface area contributed by atoms with E-state index < -0.39 is 26.6 Å². The zero-order valence-electron chi connectivity index (χ0n) is 21.9. The maximum atomic E-state index is 14.2. The number of hydrogen-bond donors (Lipinski definition) is 2. The van der Waals surface area contributed by atoms with E-state index in [9.17, 15) is 17.2 Å². The number of aryl methyl sites for hydroxylation is 1. The lowest BCUT2D eigenvalue weighted by Gasteiger charge is -2.19. The summed E-state index contributed by atoms with van der Waals surface area (Å²) in [4.78, 5) is 10.4. The molecule has 0 amide bonds. The van der Waals surface area contributed by atoms with Gasteiger partial charge in [-0.15, -0.1) is 0 Å². The second kappa shape index (κ2) is 11.7. The number of benzene rings is 2. The molecule has 1 aliphatic heterocycles. The number of aromatic nitrogens is 3. The van der Waals surface area contributed by atoms with E-state index in [0.29, 0.717) is 24.1 Å². The van der Waals surface area contributed by atoms with Crippen LogP contribution in [0.2, 0.25) is 0 Å². The van der Waals surface area contributed by atoms with Gasteiger partial charge >= 0.3 is 0 Å². The van der Waals surface area contributed by atoms with E-state index in [1.807, 2.05) is 22.8 Å². The Balaban J connectivity index is 1.41. The molecule has 0 radical (unpaired) electrons. The Kier molecular flexibility index (Phi) is 8.14. The fourth-order valence-electron chi connectivity index (χ4n) is 4.77.